The summed E-state index contributed by atoms with van der Waals surface area (Å²) in [5.41, 5.74) is 4.28. The summed E-state index contributed by atoms with van der Waals surface area (Å²) >= 11 is 0.839. The molecular weight excluding hydrogens is 536 g/mol. The molecule has 0 saturated heterocycles. The molecule has 0 bridgehead atoms. The Hall–Kier alpha value is -3.04. The number of carbonyl (C=O) groups excluding carboxylic acids is 6. The predicted molar refractivity (Wildman–Crippen MR) is 141 cm³/mol. The Morgan fingerprint density at radius 1 is 1.00 bits per heavy atom. The molecule has 0 spiro atoms. The first-order valence-corrected chi connectivity index (χ1v) is 13.4. The van der Waals surface area contributed by atoms with Crippen LogP contribution in [0.3, 0.4) is 0 Å². The molecule has 0 aliphatic rings. The zero-order chi connectivity index (χ0) is 30.0. The number of carboxylic acids is 1. The van der Waals surface area contributed by atoms with Gasteiger partial charge < -0.3 is 36.6 Å². The van der Waals surface area contributed by atoms with Crippen LogP contribution in [0.1, 0.15) is 59.3 Å². The third kappa shape index (κ3) is 17.2. The van der Waals surface area contributed by atoms with Gasteiger partial charge in [-0.3, -0.25) is 28.8 Å². The van der Waals surface area contributed by atoms with Crippen molar-refractivity contribution in [1.29, 1.82) is 0 Å². The van der Waals surface area contributed by atoms with Gasteiger partial charge >= 0.3 is 11.9 Å². The zero-order valence-electron chi connectivity index (χ0n) is 22.6. The topological polar surface area (TPSA) is 231 Å². The molecule has 0 saturated carbocycles. The summed E-state index contributed by atoms with van der Waals surface area (Å²) in [7, 11) is 0. The Morgan fingerprint density at radius 3 is 2.26 bits per heavy atom. The van der Waals surface area contributed by atoms with Crippen molar-refractivity contribution in [2.75, 3.05) is 32.0 Å². The maximum absolute atomic E-state index is 12.2. The van der Waals surface area contributed by atoms with Gasteiger partial charge in [-0.05, 0) is 19.4 Å². The van der Waals surface area contributed by atoms with Crippen molar-refractivity contribution >= 4 is 52.3 Å². The number of nitrogens with one attached hydrogen (secondary N) is 3. The molecule has 0 heterocycles. The van der Waals surface area contributed by atoms with Crippen LogP contribution in [-0.4, -0.2) is 94.9 Å². The second-order valence-electron chi connectivity index (χ2n) is 9.40. The van der Waals surface area contributed by atoms with Crippen LogP contribution in [0.2, 0.25) is 0 Å². The Labute approximate surface area is 231 Å². The molecule has 15 heteroatoms. The van der Waals surface area contributed by atoms with Gasteiger partial charge in [0.2, 0.25) is 17.7 Å². The number of ketones is 1. The fraction of sp³-hybridized carbons (Fsp3) is 0.708. The van der Waals surface area contributed by atoms with Gasteiger partial charge in [0.1, 0.15) is 17.9 Å². The number of nitrogens with two attached hydrogens (primary N) is 1. The molecule has 0 unspecified atom stereocenters. The summed E-state index contributed by atoms with van der Waals surface area (Å²) in [6.07, 6.45) is -1.66. The molecule has 0 aliphatic heterocycles. The van der Waals surface area contributed by atoms with Crippen LogP contribution >= 0.6 is 11.8 Å². The maximum Gasteiger partial charge on any atom is 0.326 e. The van der Waals surface area contributed by atoms with Crippen LogP contribution in [0.4, 0.5) is 0 Å². The van der Waals surface area contributed by atoms with Gasteiger partial charge in [-0.15, -0.1) is 0 Å². The predicted octanol–water partition coefficient (Wildman–Crippen LogP) is -1.13. The number of Topliss-reactive ketones (excluding diaryl/α,β-unsaturated/α-hetero) is 1. The van der Waals surface area contributed by atoms with E-state index in [2.05, 4.69) is 16.0 Å². The quantitative estimate of drug-likeness (QED) is 0.0574. The van der Waals surface area contributed by atoms with Crippen molar-refractivity contribution in [1.82, 2.24) is 16.0 Å². The molecule has 0 aliphatic carbocycles. The molecular formula is C24H40N4O10S. The molecule has 0 radical (unpaired) electrons. The van der Waals surface area contributed by atoms with Crippen LogP contribution < -0.4 is 21.7 Å². The van der Waals surface area contributed by atoms with Gasteiger partial charge in [-0.2, -0.15) is 0 Å². The Bertz CT molecular complexity index is 881. The monoisotopic (exact) mass is 576 g/mol. The zero-order valence-corrected chi connectivity index (χ0v) is 23.4. The summed E-state index contributed by atoms with van der Waals surface area (Å²) in [5, 5.41) is 26.1. The summed E-state index contributed by atoms with van der Waals surface area (Å²) in [6, 6.07) is -1.21. The standard InChI is InChI=1S/C24H40N4O10S/c1-15(29)28-17(23(36)37)7-6-16(30)13-20(33)39-12-11-26-18(31)8-10-27-22(35)21(34)24(2,3)14-38-19(32)5-4-9-25/h17,21,34H,4-14,25H2,1-3H3,(H,26,31)(H,27,35)(H,28,29)(H,36,37)/t17-,21-/m0/s1. The lowest BCUT2D eigenvalue weighted by molar-refractivity contribution is -0.153. The highest BCUT2D eigenvalue weighted by molar-refractivity contribution is 8.13. The van der Waals surface area contributed by atoms with Crippen LogP contribution in [-0.2, 0) is 38.3 Å². The van der Waals surface area contributed by atoms with E-state index in [0.29, 0.717) is 13.0 Å². The fourth-order valence-corrected chi connectivity index (χ4v) is 3.66. The first kappa shape index (κ1) is 36.0. The van der Waals surface area contributed by atoms with Gasteiger partial charge in [-0.1, -0.05) is 25.6 Å². The van der Waals surface area contributed by atoms with E-state index in [-0.39, 0.29) is 51.1 Å². The molecule has 222 valence electrons. The molecule has 2 atom stereocenters. The number of amides is 3. The maximum atomic E-state index is 12.2. The largest absolute Gasteiger partial charge is 0.480 e. The number of aliphatic carboxylic acids is 1. The number of carbonyl (C=O) groups is 7. The minimum Gasteiger partial charge on any atom is -0.480 e. The minimum atomic E-state index is -1.48. The summed E-state index contributed by atoms with van der Waals surface area (Å²) in [4.78, 5) is 81.6. The number of aliphatic hydroxyl groups excluding tert-OH is 1. The van der Waals surface area contributed by atoms with Gasteiger partial charge in [-0.25, -0.2) is 4.79 Å². The Morgan fingerprint density at radius 2 is 1.67 bits per heavy atom. The average Bonchev–Trinajstić information content (AvgIpc) is 2.85. The van der Waals surface area contributed by atoms with Crippen LogP contribution in [0, 0.1) is 5.41 Å². The highest BCUT2D eigenvalue weighted by Crippen LogP contribution is 2.21. The van der Waals surface area contributed by atoms with Crippen LogP contribution in [0.25, 0.3) is 0 Å². The number of hydrogen-bond donors (Lipinski definition) is 6. The Kier molecular flexibility index (Phi) is 17.6. The molecule has 3 amide bonds. The Balaban J connectivity index is 4.16. The molecule has 0 rings (SSSR count). The van der Waals surface area contributed by atoms with E-state index in [1.165, 1.54) is 0 Å². The third-order valence-corrected chi connectivity index (χ3v) is 6.12. The SMILES string of the molecule is CC(=O)N[C@@H](CCC(=O)CC(=O)SCCNC(=O)CCNC(=O)[C@H](O)C(C)(C)COC(=O)CCCN)C(=O)O. The van der Waals surface area contributed by atoms with Crippen molar-refractivity contribution in [3.05, 3.63) is 0 Å². The van der Waals surface area contributed by atoms with Crippen LogP contribution in [0.15, 0.2) is 0 Å². The number of aliphatic hydroxyl groups is 1. The average molecular weight is 577 g/mol. The van der Waals surface area contributed by atoms with E-state index >= 15 is 0 Å². The van der Waals surface area contributed by atoms with Gasteiger partial charge in [0.05, 0.1) is 13.0 Å². The van der Waals surface area contributed by atoms with Crippen molar-refractivity contribution in [3.63, 3.8) is 0 Å². The lowest BCUT2D eigenvalue weighted by Crippen LogP contribution is -2.47. The van der Waals surface area contributed by atoms with Crippen molar-refractivity contribution in [3.8, 4) is 0 Å². The smallest absolute Gasteiger partial charge is 0.326 e. The highest BCUT2D eigenvalue weighted by atomic mass is 32.2. The molecule has 0 fully saturated rings. The number of esters is 1. The van der Waals surface area contributed by atoms with Gasteiger partial charge in [0, 0.05) is 50.4 Å². The van der Waals surface area contributed by atoms with Crippen molar-refractivity contribution in [2.45, 2.75) is 71.4 Å². The number of thioether (sulfide) groups is 1. The van der Waals surface area contributed by atoms with E-state index in [9.17, 15) is 38.7 Å². The normalized spacial score (nSPS) is 12.5. The second kappa shape index (κ2) is 19.1. The molecule has 39 heavy (non-hydrogen) atoms. The minimum absolute atomic E-state index is 0.0511. The van der Waals surface area contributed by atoms with Crippen LogP contribution in [0.5, 0.6) is 0 Å². The summed E-state index contributed by atoms with van der Waals surface area (Å²) < 4.78 is 5.08. The van der Waals surface area contributed by atoms with Gasteiger partial charge in [0.15, 0.2) is 5.12 Å². The first-order chi connectivity index (χ1) is 18.2. The molecule has 0 aromatic carbocycles. The van der Waals surface area contributed by atoms with E-state index in [4.69, 9.17) is 15.6 Å². The van der Waals surface area contributed by atoms with E-state index in [0.717, 1.165) is 18.7 Å². The molecule has 7 N–H and O–H groups in total. The first-order valence-electron chi connectivity index (χ1n) is 12.4. The van der Waals surface area contributed by atoms with E-state index in [1.807, 2.05) is 0 Å². The lowest BCUT2D eigenvalue weighted by Gasteiger charge is -2.29. The number of carboxylic acid groups (broad SMARTS) is 1. The summed E-state index contributed by atoms with van der Waals surface area (Å²) in [6.45, 7) is 4.53. The lowest BCUT2D eigenvalue weighted by atomic mass is 9.87. The van der Waals surface area contributed by atoms with E-state index < -0.39 is 64.5 Å². The molecule has 0 aromatic heterocycles. The number of hydrogen-bond acceptors (Lipinski definition) is 11. The number of ether oxygens (including phenoxy) is 1. The summed E-state index contributed by atoms with van der Waals surface area (Å²) in [5.74, 6) is -3.67. The van der Waals surface area contributed by atoms with Gasteiger partial charge in [0.25, 0.3) is 0 Å². The molecule has 0 aromatic rings. The molecule has 14 nitrogen and oxygen atoms in total. The number of rotatable bonds is 20. The van der Waals surface area contributed by atoms with Crippen molar-refractivity contribution in [2.24, 2.45) is 11.1 Å². The van der Waals surface area contributed by atoms with E-state index in [1.54, 1.807) is 13.8 Å². The van der Waals surface area contributed by atoms with Crippen molar-refractivity contribution < 1.29 is 48.5 Å². The highest BCUT2D eigenvalue weighted by Gasteiger charge is 2.35. The third-order valence-electron chi connectivity index (χ3n) is 5.25. The second-order valence-corrected chi connectivity index (χ2v) is 10.6. The fourth-order valence-electron chi connectivity index (χ4n) is 2.97.